The zero-order valence-electron chi connectivity index (χ0n) is 9.20. The minimum absolute atomic E-state index is 0. The molecule has 0 saturated carbocycles. The zero-order valence-corrected chi connectivity index (χ0v) is 8.20. The fourth-order valence-electron chi connectivity index (χ4n) is 0.474. The first kappa shape index (κ1) is 19.7. The van der Waals surface area contributed by atoms with Crippen molar-refractivity contribution < 1.29 is 55.2 Å². The Morgan fingerprint density at radius 3 is 1.60 bits per heavy atom. The first-order chi connectivity index (χ1) is 6.32. The van der Waals surface area contributed by atoms with Gasteiger partial charge in [0.1, 0.15) is 0 Å². The molecule has 0 atom stereocenters. The third kappa shape index (κ3) is 15.9. The molecule has 0 unspecified atom stereocenters. The molecule has 0 fully saturated rings. The van der Waals surface area contributed by atoms with Gasteiger partial charge < -0.3 is 26.7 Å². The van der Waals surface area contributed by atoms with Gasteiger partial charge in [-0.2, -0.15) is 0 Å². The third-order valence-electron chi connectivity index (χ3n) is 0.999. The van der Waals surface area contributed by atoms with E-state index in [-0.39, 0.29) is 26.7 Å². The molecule has 15 heavy (non-hydrogen) atoms. The summed E-state index contributed by atoms with van der Waals surface area (Å²) >= 11 is 0. The average Bonchev–Trinajstić information content (AvgIpc) is 1.97. The van der Waals surface area contributed by atoms with Crippen LogP contribution >= 0.6 is 0 Å². The van der Waals surface area contributed by atoms with E-state index in [0.29, 0.717) is 0 Å². The molecular formula is C6H12BLiO7. The fourth-order valence-corrected chi connectivity index (χ4v) is 0.474. The van der Waals surface area contributed by atoms with Crippen molar-refractivity contribution >= 4 is 19.3 Å². The third-order valence-corrected chi connectivity index (χ3v) is 0.999. The number of carboxylic acids is 2. The van der Waals surface area contributed by atoms with Gasteiger partial charge in [-0.15, -0.1) is 6.58 Å². The van der Waals surface area contributed by atoms with E-state index in [9.17, 15) is 9.59 Å². The smallest absolute Gasteiger partial charge is 1.00 e. The zero-order chi connectivity index (χ0) is 11.7. The second-order valence-corrected chi connectivity index (χ2v) is 2.10. The summed E-state index contributed by atoms with van der Waals surface area (Å²) in [5.74, 6) is -4.00. The normalized spacial score (nSPS) is 8.00. The molecule has 0 spiro atoms. The van der Waals surface area contributed by atoms with Gasteiger partial charge in [0, 0.05) is 0 Å². The summed E-state index contributed by atoms with van der Waals surface area (Å²) in [5, 5.41) is 38.0. The molecule has 0 bridgehead atoms. The molecule has 0 aliphatic heterocycles. The first-order valence-corrected chi connectivity index (χ1v) is 3.43. The molecular weight excluding hydrogens is 202 g/mol. The van der Waals surface area contributed by atoms with Crippen molar-refractivity contribution in [3.05, 3.63) is 12.7 Å². The molecule has 0 aliphatic carbocycles. The standard InChI is InChI=1S/C6H8O4.BH3O3.Li.H/c1-2-3-4(5(7)8)6(9)10;2-1(3)4;;/h2,4H,1,3H2,(H,7,8)(H,9,10);2-4H;;/q;;+1;-1. The van der Waals surface area contributed by atoms with Gasteiger partial charge in [0.15, 0.2) is 5.92 Å². The number of carbonyl (C=O) groups is 2. The van der Waals surface area contributed by atoms with Crippen LogP contribution in [0, 0.1) is 5.92 Å². The van der Waals surface area contributed by atoms with Gasteiger partial charge in [-0.1, -0.05) is 6.08 Å². The predicted octanol–water partition coefficient (Wildman–Crippen LogP) is -4.59. The van der Waals surface area contributed by atoms with Gasteiger partial charge in [-0.25, -0.2) is 0 Å². The van der Waals surface area contributed by atoms with Crippen molar-refractivity contribution in [3.63, 3.8) is 0 Å². The molecule has 9 heteroatoms. The molecule has 0 amide bonds. The van der Waals surface area contributed by atoms with Crippen LogP contribution < -0.4 is 18.9 Å². The van der Waals surface area contributed by atoms with Crippen LogP contribution in [0.25, 0.3) is 0 Å². The molecule has 0 aromatic heterocycles. The van der Waals surface area contributed by atoms with E-state index in [0.717, 1.165) is 0 Å². The van der Waals surface area contributed by atoms with Crippen molar-refractivity contribution in [2.45, 2.75) is 6.42 Å². The van der Waals surface area contributed by atoms with Gasteiger partial charge in [-0.3, -0.25) is 9.59 Å². The maximum absolute atomic E-state index is 10.1. The topological polar surface area (TPSA) is 135 Å². The van der Waals surface area contributed by atoms with Crippen molar-refractivity contribution in [1.82, 2.24) is 0 Å². The van der Waals surface area contributed by atoms with Gasteiger partial charge in [0.05, 0.1) is 0 Å². The Morgan fingerprint density at radius 1 is 1.27 bits per heavy atom. The molecule has 0 radical (unpaired) electrons. The fraction of sp³-hybridized carbons (Fsp3) is 0.333. The summed E-state index contributed by atoms with van der Waals surface area (Å²) in [6.45, 7) is 3.24. The van der Waals surface area contributed by atoms with E-state index in [2.05, 4.69) is 6.58 Å². The van der Waals surface area contributed by atoms with Crippen molar-refractivity contribution in [2.75, 3.05) is 0 Å². The van der Waals surface area contributed by atoms with E-state index in [1.807, 2.05) is 0 Å². The summed E-state index contributed by atoms with van der Waals surface area (Å²) in [5.41, 5.74) is 0. The summed E-state index contributed by atoms with van der Waals surface area (Å²) < 4.78 is 0. The Labute approximate surface area is 99.9 Å². The van der Waals surface area contributed by atoms with Crippen LogP contribution in [0.1, 0.15) is 7.85 Å². The van der Waals surface area contributed by atoms with Gasteiger partial charge in [-0.05, 0) is 6.42 Å². The van der Waals surface area contributed by atoms with Crippen LogP contribution in [0.5, 0.6) is 0 Å². The Hall–Kier alpha value is -0.778. The first-order valence-electron chi connectivity index (χ1n) is 3.43. The summed E-state index contributed by atoms with van der Waals surface area (Å²) in [7, 11) is -2.17. The molecule has 0 aliphatic rings. The molecule has 5 N–H and O–H groups in total. The molecule has 0 rings (SSSR count). The van der Waals surface area contributed by atoms with Gasteiger partial charge in [0.2, 0.25) is 0 Å². The van der Waals surface area contributed by atoms with Gasteiger partial charge >= 0.3 is 38.1 Å². The Balaban J connectivity index is -0.000000105. The Kier molecular flexibility index (Phi) is 14.9. The predicted molar refractivity (Wildman–Crippen MR) is 47.1 cm³/mol. The number of carboxylic acid groups (broad SMARTS) is 2. The van der Waals surface area contributed by atoms with Crippen LogP contribution in [0.3, 0.4) is 0 Å². The number of hydrogen-bond acceptors (Lipinski definition) is 5. The molecule has 0 aromatic rings. The summed E-state index contributed by atoms with van der Waals surface area (Å²) in [4.78, 5) is 20.2. The molecule has 0 saturated heterocycles. The number of allylic oxidation sites excluding steroid dienone is 1. The van der Waals surface area contributed by atoms with Crippen molar-refractivity contribution in [2.24, 2.45) is 5.92 Å². The van der Waals surface area contributed by atoms with Crippen LogP contribution in [-0.2, 0) is 9.59 Å². The average molecular weight is 214 g/mol. The summed E-state index contributed by atoms with van der Waals surface area (Å²) in [6, 6.07) is 0. The van der Waals surface area contributed by atoms with E-state index in [1.54, 1.807) is 0 Å². The molecule has 0 heterocycles. The largest absolute Gasteiger partial charge is 1.00 e. The maximum atomic E-state index is 10.1. The second-order valence-electron chi connectivity index (χ2n) is 2.10. The molecule has 7 nitrogen and oxygen atoms in total. The number of rotatable bonds is 4. The number of hydrogen-bond donors (Lipinski definition) is 5. The Morgan fingerprint density at radius 2 is 1.53 bits per heavy atom. The molecule has 0 aromatic carbocycles. The quantitative estimate of drug-likeness (QED) is 0.180. The van der Waals surface area contributed by atoms with E-state index in [4.69, 9.17) is 25.3 Å². The van der Waals surface area contributed by atoms with Crippen LogP contribution in [0.2, 0.25) is 0 Å². The summed E-state index contributed by atoms with van der Waals surface area (Å²) in [6.07, 6.45) is 1.23. The van der Waals surface area contributed by atoms with Crippen LogP contribution in [-0.4, -0.2) is 44.5 Å². The number of aliphatic carboxylic acids is 2. The van der Waals surface area contributed by atoms with Crippen LogP contribution in [0.4, 0.5) is 0 Å². The van der Waals surface area contributed by atoms with Crippen molar-refractivity contribution in [3.8, 4) is 0 Å². The minimum atomic E-state index is -2.17. The van der Waals surface area contributed by atoms with Gasteiger partial charge in [0.25, 0.3) is 0 Å². The Bertz CT molecular complexity index is 196. The minimum Gasteiger partial charge on any atom is -1.00 e. The monoisotopic (exact) mass is 214 g/mol. The van der Waals surface area contributed by atoms with Crippen LogP contribution in [0.15, 0.2) is 12.7 Å². The van der Waals surface area contributed by atoms with E-state index >= 15 is 0 Å². The molecule has 82 valence electrons. The van der Waals surface area contributed by atoms with E-state index < -0.39 is 25.2 Å². The van der Waals surface area contributed by atoms with Crippen molar-refractivity contribution in [1.29, 1.82) is 0 Å². The van der Waals surface area contributed by atoms with E-state index in [1.165, 1.54) is 6.08 Å². The second kappa shape index (κ2) is 11.3. The maximum Gasteiger partial charge on any atom is 1.00 e. The SMILES string of the molecule is C=CCC(C(=O)O)C(=O)O.OB(O)O.[H-].[Li+].